The topological polar surface area (TPSA) is 6.48 Å². The van der Waals surface area contributed by atoms with Gasteiger partial charge in [-0.2, -0.15) is 0 Å². The molecular formula is C15H22N2. The Morgan fingerprint density at radius 3 is 2.76 bits per heavy atom. The predicted octanol–water partition coefficient (Wildman–Crippen LogP) is 2.09. The van der Waals surface area contributed by atoms with E-state index < -0.39 is 0 Å². The molecule has 0 spiro atoms. The number of fused-ring (bicyclic) bond motifs is 1. The molecule has 0 aromatic heterocycles. The van der Waals surface area contributed by atoms with E-state index in [1.165, 1.54) is 37.9 Å². The highest BCUT2D eigenvalue weighted by Gasteiger charge is 2.24. The van der Waals surface area contributed by atoms with Crippen molar-refractivity contribution in [2.45, 2.75) is 25.3 Å². The number of benzene rings is 1. The summed E-state index contributed by atoms with van der Waals surface area (Å²) in [5.41, 5.74) is 4.70. The van der Waals surface area contributed by atoms with Crippen molar-refractivity contribution >= 4 is 0 Å². The number of hydrogen-bond donors (Lipinski definition) is 0. The maximum Gasteiger partial charge on any atom is 0.0472 e. The SMILES string of the molecule is CN1CCN(C)C(c2ccc3c(c2)CCC3)C1. The lowest BCUT2D eigenvalue weighted by Gasteiger charge is -2.38. The highest BCUT2D eigenvalue weighted by Crippen LogP contribution is 2.29. The van der Waals surface area contributed by atoms with Gasteiger partial charge in [0.2, 0.25) is 0 Å². The Hall–Kier alpha value is -0.860. The predicted molar refractivity (Wildman–Crippen MR) is 71.3 cm³/mol. The van der Waals surface area contributed by atoms with E-state index in [1.54, 1.807) is 11.1 Å². The average molecular weight is 230 g/mol. The van der Waals surface area contributed by atoms with Gasteiger partial charge in [0.25, 0.3) is 0 Å². The number of piperazine rings is 1. The van der Waals surface area contributed by atoms with Gasteiger partial charge in [0.1, 0.15) is 0 Å². The molecule has 1 aromatic rings. The zero-order valence-electron chi connectivity index (χ0n) is 10.9. The first-order chi connectivity index (χ1) is 8.24. The largest absolute Gasteiger partial charge is 0.303 e. The molecule has 1 heterocycles. The second kappa shape index (κ2) is 4.43. The van der Waals surface area contributed by atoms with Crippen LogP contribution in [-0.4, -0.2) is 43.5 Å². The molecule has 0 radical (unpaired) electrons. The van der Waals surface area contributed by atoms with Crippen LogP contribution in [0.2, 0.25) is 0 Å². The van der Waals surface area contributed by atoms with Crippen LogP contribution in [0.15, 0.2) is 18.2 Å². The monoisotopic (exact) mass is 230 g/mol. The summed E-state index contributed by atoms with van der Waals surface area (Å²) in [4.78, 5) is 4.94. The fourth-order valence-corrected chi connectivity index (χ4v) is 3.17. The second-order valence-corrected chi connectivity index (χ2v) is 5.64. The number of rotatable bonds is 1. The van der Waals surface area contributed by atoms with Gasteiger partial charge in [0.05, 0.1) is 0 Å². The number of hydrogen-bond acceptors (Lipinski definition) is 2. The van der Waals surface area contributed by atoms with Gasteiger partial charge in [-0.25, -0.2) is 0 Å². The van der Waals surface area contributed by atoms with Crippen LogP contribution in [0.3, 0.4) is 0 Å². The average Bonchev–Trinajstić information content (AvgIpc) is 2.79. The van der Waals surface area contributed by atoms with Crippen LogP contribution >= 0.6 is 0 Å². The van der Waals surface area contributed by atoms with E-state index in [1.807, 2.05) is 0 Å². The van der Waals surface area contributed by atoms with E-state index in [0.29, 0.717) is 6.04 Å². The highest BCUT2D eigenvalue weighted by molar-refractivity contribution is 5.36. The van der Waals surface area contributed by atoms with Crippen LogP contribution in [0.4, 0.5) is 0 Å². The van der Waals surface area contributed by atoms with Crippen LogP contribution in [0.25, 0.3) is 0 Å². The van der Waals surface area contributed by atoms with Crippen molar-refractivity contribution in [3.8, 4) is 0 Å². The third-order valence-electron chi connectivity index (χ3n) is 4.36. The Kier molecular flexibility index (Phi) is 2.93. The third-order valence-corrected chi connectivity index (χ3v) is 4.36. The van der Waals surface area contributed by atoms with Gasteiger partial charge in [-0.1, -0.05) is 18.2 Å². The molecule has 1 unspecified atom stereocenters. The van der Waals surface area contributed by atoms with Gasteiger partial charge in [-0.3, -0.25) is 4.90 Å². The van der Waals surface area contributed by atoms with Crippen LogP contribution in [0.1, 0.15) is 29.2 Å². The Morgan fingerprint density at radius 2 is 1.88 bits per heavy atom. The van der Waals surface area contributed by atoms with E-state index in [9.17, 15) is 0 Å². The van der Waals surface area contributed by atoms with Gasteiger partial charge in [-0.05, 0) is 50.0 Å². The minimum Gasteiger partial charge on any atom is -0.303 e. The molecule has 1 aromatic carbocycles. The molecule has 1 aliphatic carbocycles. The summed E-state index contributed by atoms with van der Waals surface area (Å²) < 4.78 is 0. The number of aryl methyl sites for hydroxylation is 2. The summed E-state index contributed by atoms with van der Waals surface area (Å²) in [7, 11) is 4.48. The summed E-state index contributed by atoms with van der Waals surface area (Å²) in [6.07, 6.45) is 3.92. The summed E-state index contributed by atoms with van der Waals surface area (Å²) in [6.45, 7) is 3.53. The molecule has 2 nitrogen and oxygen atoms in total. The maximum atomic E-state index is 2.50. The summed E-state index contributed by atoms with van der Waals surface area (Å²) in [6, 6.07) is 7.76. The molecule has 92 valence electrons. The molecular weight excluding hydrogens is 208 g/mol. The van der Waals surface area contributed by atoms with Crippen molar-refractivity contribution in [2.75, 3.05) is 33.7 Å². The van der Waals surface area contributed by atoms with Crippen molar-refractivity contribution < 1.29 is 0 Å². The molecule has 1 aliphatic heterocycles. The summed E-state index contributed by atoms with van der Waals surface area (Å²) in [5.74, 6) is 0. The quantitative estimate of drug-likeness (QED) is 0.729. The first kappa shape index (κ1) is 11.2. The normalized spacial score (nSPS) is 26.1. The molecule has 3 rings (SSSR count). The van der Waals surface area contributed by atoms with Gasteiger partial charge in [-0.15, -0.1) is 0 Å². The summed E-state index contributed by atoms with van der Waals surface area (Å²) >= 11 is 0. The van der Waals surface area contributed by atoms with Gasteiger partial charge >= 0.3 is 0 Å². The van der Waals surface area contributed by atoms with Gasteiger partial charge < -0.3 is 4.90 Å². The lowest BCUT2D eigenvalue weighted by Crippen LogP contribution is -2.44. The smallest absolute Gasteiger partial charge is 0.0472 e. The van der Waals surface area contributed by atoms with Gasteiger partial charge in [0.15, 0.2) is 0 Å². The van der Waals surface area contributed by atoms with E-state index in [0.717, 1.165) is 6.54 Å². The standard InChI is InChI=1S/C15H22N2/c1-16-8-9-17(2)15(11-16)14-7-6-12-4-3-5-13(12)10-14/h6-7,10,15H,3-5,8-9,11H2,1-2H3. The van der Waals surface area contributed by atoms with Crippen molar-refractivity contribution in [3.05, 3.63) is 34.9 Å². The molecule has 0 bridgehead atoms. The van der Waals surface area contributed by atoms with E-state index in [2.05, 4.69) is 42.1 Å². The molecule has 1 atom stereocenters. The minimum absolute atomic E-state index is 0.583. The van der Waals surface area contributed by atoms with Crippen molar-refractivity contribution in [3.63, 3.8) is 0 Å². The highest BCUT2D eigenvalue weighted by atomic mass is 15.3. The lowest BCUT2D eigenvalue weighted by atomic mass is 9.98. The fourth-order valence-electron chi connectivity index (χ4n) is 3.17. The minimum atomic E-state index is 0.583. The number of likely N-dealkylation sites (N-methyl/N-ethyl adjacent to an activating group) is 2. The number of nitrogens with zero attached hydrogens (tertiary/aromatic N) is 2. The van der Waals surface area contributed by atoms with Crippen molar-refractivity contribution in [1.82, 2.24) is 9.80 Å². The first-order valence-corrected chi connectivity index (χ1v) is 6.74. The second-order valence-electron chi connectivity index (χ2n) is 5.64. The van der Waals surface area contributed by atoms with E-state index in [4.69, 9.17) is 0 Å². The van der Waals surface area contributed by atoms with Crippen LogP contribution in [0, 0.1) is 0 Å². The third kappa shape index (κ3) is 2.12. The molecule has 17 heavy (non-hydrogen) atoms. The zero-order valence-corrected chi connectivity index (χ0v) is 10.9. The molecule has 2 heteroatoms. The van der Waals surface area contributed by atoms with Crippen LogP contribution in [-0.2, 0) is 12.8 Å². The lowest BCUT2D eigenvalue weighted by molar-refractivity contribution is 0.115. The molecule has 1 fully saturated rings. The van der Waals surface area contributed by atoms with Crippen LogP contribution in [0.5, 0.6) is 0 Å². The first-order valence-electron chi connectivity index (χ1n) is 6.74. The maximum absolute atomic E-state index is 2.50. The molecule has 2 aliphatic rings. The Labute approximate surface area is 104 Å². The van der Waals surface area contributed by atoms with E-state index in [-0.39, 0.29) is 0 Å². The fraction of sp³-hybridized carbons (Fsp3) is 0.600. The van der Waals surface area contributed by atoms with Crippen molar-refractivity contribution in [1.29, 1.82) is 0 Å². The Morgan fingerprint density at radius 1 is 1.06 bits per heavy atom. The van der Waals surface area contributed by atoms with Gasteiger partial charge in [0, 0.05) is 25.7 Å². The molecule has 1 saturated heterocycles. The summed E-state index contributed by atoms with van der Waals surface area (Å²) in [5, 5.41) is 0. The molecule has 0 amide bonds. The Bertz CT molecular complexity index is 413. The van der Waals surface area contributed by atoms with Crippen LogP contribution < -0.4 is 0 Å². The van der Waals surface area contributed by atoms with E-state index >= 15 is 0 Å². The zero-order chi connectivity index (χ0) is 11.8. The van der Waals surface area contributed by atoms with Crippen molar-refractivity contribution in [2.24, 2.45) is 0 Å². The molecule has 0 saturated carbocycles. The molecule has 0 N–H and O–H groups in total. The Balaban J connectivity index is 1.87.